The van der Waals surface area contributed by atoms with Crippen LogP contribution in [0.5, 0.6) is 0 Å². The summed E-state index contributed by atoms with van der Waals surface area (Å²) in [5.41, 5.74) is 11.5. The van der Waals surface area contributed by atoms with Gasteiger partial charge in [-0.15, -0.1) is 0 Å². The normalized spacial score (nSPS) is 12.9. The molecule has 4 heteroatoms. The number of hydrogen-bond donors (Lipinski definition) is 2. The van der Waals surface area contributed by atoms with Crippen LogP contribution < -0.4 is 11.5 Å². The molecule has 0 aliphatic carbocycles. The SMILES string of the molecule is NCC[C@H](N)c1ccc(F)c(F)c1. The van der Waals surface area contributed by atoms with E-state index in [1.165, 1.54) is 6.07 Å². The predicted molar refractivity (Wildman–Crippen MR) is 47.0 cm³/mol. The third-order valence-electron chi connectivity index (χ3n) is 1.85. The maximum absolute atomic E-state index is 12.7. The van der Waals surface area contributed by atoms with Gasteiger partial charge in [0.1, 0.15) is 0 Å². The van der Waals surface area contributed by atoms with Crippen LogP contribution >= 0.6 is 0 Å². The Morgan fingerprint density at radius 1 is 1.23 bits per heavy atom. The lowest BCUT2D eigenvalue weighted by Crippen LogP contribution is -2.15. The van der Waals surface area contributed by atoms with Crippen molar-refractivity contribution in [3.05, 3.63) is 35.4 Å². The number of hydrogen-bond acceptors (Lipinski definition) is 2. The Morgan fingerprint density at radius 3 is 2.46 bits per heavy atom. The summed E-state index contributed by atoms with van der Waals surface area (Å²) in [5, 5.41) is 0. The summed E-state index contributed by atoms with van der Waals surface area (Å²) in [4.78, 5) is 0. The highest BCUT2D eigenvalue weighted by Gasteiger charge is 2.08. The molecule has 1 aromatic carbocycles. The first kappa shape index (κ1) is 10.1. The molecule has 1 rings (SSSR count). The van der Waals surface area contributed by atoms with Gasteiger partial charge in [0.2, 0.25) is 0 Å². The van der Waals surface area contributed by atoms with E-state index in [9.17, 15) is 8.78 Å². The van der Waals surface area contributed by atoms with Gasteiger partial charge in [-0.3, -0.25) is 0 Å². The fraction of sp³-hybridized carbons (Fsp3) is 0.333. The second-order valence-corrected chi connectivity index (χ2v) is 2.86. The van der Waals surface area contributed by atoms with Crippen molar-refractivity contribution in [2.24, 2.45) is 11.5 Å². The van der Waals surface area contributed by atoms with Crippen LogP contribution in [0.25, 0.3) is 0 Å². The average molecular weight is 186 g/mol. The molecule has 0 amide bonds. The molecular formula is C9H12F2N2. The van der Waals surface area contributed by atoms with Gasteiger partial charge in [0.25, 0.3) is 0 Å². The molecule has 72 valence electrons. The van der Waals surface area contributed by atoms with Gasteiger partial charge in [-0.1, -0.05) is 6.07 Å². The first-order chi connectivity index (χ1) is 6.15. The Labute approximate surface area is 75.5 Å². The highest BCUT2D eigenvalue weighted by molar-refractivity contribution is 5.20. The van der Waals surface area contributed by atoms with E-state index in [-0.39, 0.29) is 6.04 Å². The van der Waals surface area contributed by atoms with E-state index in [0.29, 0.717) is 18.5 Å². The Bertz CT molecular complexity index is 289. The Kier molecular flexibility index (Phi) is 3.33. The van der Waals surface area contributed by atoms with Gasteiger partial charge in [-0.25, -0.2) is 8.78 Å². The van der Waals surface area contributed by atoms with Gasteiger partial charge in [0.15, 0.2) is 11.6 Å². The summed E-state index contributed by atoms with van der Waals surface area (Å²) in [5.74, 6) is -1.73. The molecular weight excluding hydrogens is 174 g/mol. The van der Waals surface area contributed by atoms with Crippen LogP contribution in [0, 0.1) is 11.6 Å². The van der Waals surface area contributed by atoms with Crippen molar-refractivity contribution in [3.8, 4) is 0 Å². The minimum absolute atomic E-state index is 0.319. The molecule has 0 saturated carbocycles. The van der Waals surface area contributed by atoms with Gasteiger partial charge >= 0.3 is 0 Å². The van der Waals surface area contributed by atoms with Crippen LogP contribution in [-0.2, 0) is 0 Å². The zero-order valence-corrected chi connectivity index (χ0v) is 7.13. The van der Waals surface area contributed by atoms with Crippen molar-refractivity contribution in [2.75, 3.05) is 6.54 Å². The van der Waals surface area contributed by atoms with E-state index in [1.807, 2.05) is 0 Å². The quantitative estimate of drug-likeness (QED) is 0.747. The van der Waals surface area contributed by atoms with E-state index in [2.05, 4.69) is 0 Å². The highest BCUT2D eigenvalue weighted by atomic mass is 19.2. The lowest BCUT2D eigenvalue weighted by Gasteiger charge is -2.10. The van der Waals surface area contributed by atoms with E-state index < -0.39 is 11.6 Å². The molecule has 0 bridgehead atoms. The number of rotatable bonds is 3. The molecule has 0 radical (unpaired) electrons. The van der Waals surface area contributed by atoms with Gasteiger partial charge in [-0.05, 0) is 30.7 Å². The molecule has 0 aromatic heterocycles. The largest absolute Gasteiger partial charge is 0.330 e. The Hall–Kier alpha value is -1.00. The van der Waals surface area contributed by atoms with Crippen LogP contribution in [0.1, 0.15) is 18.0 Å². The lowest BCUT2D eigenvalue weighted by molar-refractivity contribution is 0.504. The van der Waals surface area contributed by atoms with Gasteiger partial charge in [0.05, 0.1) is 0 Å². The molecule has 0 saturated heterocycles. The van der Waals surface area contributed by atoms with Crippen LogP contribution in [-0.4, -0.2) is 6.54 Å². The molecule has 0 aliphatic rings. The number of nitrogens with two attached hydrogens (primary N) is 2. The van der Waals surface area contributed by atoms with Crippen LogP contribution in [0.15, 0.2) is 18.2 Å². The van der Waals surface area contributed by atoms with Crippen molar-refractivity contribution in [1.82, 2.24) is 0 Å². The monoisotopic (exact) mass is 186 g/mol. The highest BCUT2D eigenvalue weighted by Crippen LogP contribution is 2.16. The molecule has 2 nitrogen and oxygen atoms in total. The minimum Gasteiger partial charge on any atom is -0.330 e. The van der Waals surface area contributed by atoms with Crippen molar-refractivity contribution < 1.29 is 8.78 Å². The van der Waals surface area contributed by atoms with Crippen molar-refractivity contribution >= 4 is 0 Å². The molecule has 0 unspecified atom stereocenters. The Morgan fingerprint density at radius 2 is 1.92 bits per heavy atom. The van der Waals surface area contributed by atoms with Crippen LogP contribution in [0.2, 0.25) is 0 Å². The summed E-state index contributed by atoms with van der Waals surface area (Å²) in [6.45, 7) is 0.431. The zero-order chi connectivity index (χ0) is 9.84. The topological polar surface area (TPSA) is 52.0 Å². The zero-order valence-electron chi connectivity index (χ0n) is 7.13. The molecule has 1 atom stereocenters. The summed E-state index contributed by atoms with van der Waals surface area (Å²) < 4.78 is 25.2. The lowest BCUT2D eigenvalue weighted by atomic mass is 10.0. The maximum atomic E-state index is 12.7. The standard InChI is InChI=1S/C9H12F2N2/c10-7-2-1-6(5-8(7)11)9(13)3-4-12/h1-2,5,9H,3-4,12-13H2/t9-/m0/s1. The molecule has 1 aromatic rings. The average Bonchev–Trinajstić information content (AvgIpc) is 2.10. The first-order valence-electron chi connectivity index (χ1n) is 4.05. The smallest absolute Gasteiger partial charge is 0.159 e. The second kappa shape index (κ2) is 4.30. The maximum Gasteiger partial charge on any atom is 0.159 e. The molecule has 0 fully saturated rings. The summed E-state index contributed by atoms with van der Waals surface area (Å²) in [6, 6.07) is 3.33. The van der Waals surface area contributed by atoms with Crippen LogP contribution in [0.3, 0.4) is 0 Å². The third-order valence-corrected chi connectivity index (χ3v) is 1.85. The molecule has 13 heavy (non-hydrogen) atoms. The van der Waals surface area contributed by atoms with E-state index in [4.69, 9.17) is 11.5 Å². The summed E-state index contributed by atoms with van der Waals surface area (Å²) in [6.07, 6.45) is 0.561. The Balaban J connectivity index is 2.84. The minimum atomic E-state index is -0.870. The van der Waals surface area contributed by atoms with E-state index in [0.717, 1.165) is 12.1 Å². The fourth-order valence-electron chi connectivity index (χ4n) is 1.09. The van der Waals surface area contributed by atoms with Crippen molar-refractivity contribution in [3.63, 3.8) is 0 Å². The van der Waals surface area contributed by atoms with Gasteiger partial charge in [-0.2, -0.15) is 0 Å². The van der Waals surface area contributed by atoms with E-state index >= 15 is 0 Å². The van der Waals surface area contributed by atoms with E-state index in [1.54, 1.807) is 0 Å². The molecule has 0 heterocycles. The predicted octanol–water partition coefficient (Wildman–Crippen LogP) is 1.31. The van der Waals surface area contributed by atoms with Gasteiger partial charge < -0.3 is 11.5 Å². The molecule has 4 N–H and O–H groups in total. The molecule has 0 aliphatic heterocycles. The molecule has 0 spiro atoms. The third kappa shape index (κ3) is 2.47. The van der Waals surface area contributed by atoms with Crippen LogP contribution in [0.4, 0.5) is 8.78 Å². The summed E-state index contributed by atoms with van der Waals surface area (Å²) in [7, 11) is 0. The summed E-state index contributed by atoms with van der Waals surface area (Å²) >= 11 is 0. The van der Waals surface area contributed by atoms with Gasteiger partial charge in [0, 0.05) is 6.04 Å². The number of benzene rings is 1. The second-order valence-electron chi connectivity index (χ2n) is 2.86. The van der Waals surface area contributed by atoms with Crippen molar-refractivity contribution in [2.45, 2.75) is 12.5 Å². The fourth-order valence-corrected chi connectivity index (χ4v) is 1.09. The first-order valence-corrected chi connectivity index (χ1v) is 4.05. The van der Waals surface area contributed by atoms with Crippen molar-refractivity contribution in [1.29, 1.82) is 0 Å². The number of halogens is 2.